The van der Waals surface area contributed by atoms with Gasteiger partial charge in [0.05, 0.1) is 19.5 Å². The number of hydrogen-bond acceptors (Lipinski definition) is 8. The van der Waals surface area contributed by atoms with E-state index in [9.17, 15) is 4.79 Å². The Morgan fingerprint density at radius 1 is 1.24 bits per heavy atom. The first-order valence-electron chi connectivity index (χ1n) is 8.47. The lowest BCUT2D eigenvalue weighted by molar-refractivity contribution is 0.0593. The number of anilines is 2. The molecule has 4 rings (SSSR count). The standard InChI is InChI=1S/C17H20N6O2/c1-25-16(24)14-8-20-15(9-19-14)21-12-5-7-23(10-12)17-18-6-4-13(22-17)11-2-3-11/h4,6,8-9,11-12H,2-3,5,7,10H2,1H3,(H,20,21). The number of nitrogens with zero attached hydrogens (tertiary/aromatic N) is 5. The van der Waals surface area contributed by atoms with Crippen LogP contribution in [0.3, 0.4) is 0 Å². The van der Waals surface area contributed by atoms with Gasteiger partial charge in [0.15, 0.2) is 5.69 Å². The summed E-state index contributed by atoms with van der Waals surface area (Å²) in [5.41, 5.74) is 1.36. The van der Waals surface area contributed by atoms with Gasteiger partial charge in [-0.3, -0.25) is 0 Å². The molecule has 2 aromatic rings. The van der Waals surface area contributed by atoms with Gasteiger partial charge in [-0.1, -0.05) is 0 Å². The number of carbonyl (C=O) groups is 1. The molecule has 1 saturated heterocycles. The Balaban J connectivity index is 1.37. The summed E-state index contributed by atoms with van der Waals surface area (Å²) < 4.78 is 4.62. The molecule has 2 aromatic heterocycles. The molecule has 1 unspecified atom stereocenters. The third-order valence-corrected chi connectivity index (χ3v) is 4.53. The monoisotopic (exact) mass is 340 g/mol. The van der Waals surface area contributed by atoms with E-state index in [4.69, 9.17) is 4.98 Å². The molecule has 0 spiro atoms. The van der Waals surface area contributed by atoms with Gasteiger partial charge in [0.1, 0.15) is 5.82 Å². The Kier molecular flexibility index (Phi) is 4.17. The van der Waals surface area contributed by atoms with Crippen LogP contribution in [0, 0.1) is 0 Å². The number of carbonyl (C=O) groups excluding carboxylic acids is 1. The van der Waals surface area contributed by atoms with Crippen LogP contribution in [-0.2, 0) is 4.74 Å². The van der Waals surface area contributed by atoms with Gasteiger partial charge < -0.3 is 15.0 Å². The van der Waals surface area contributed by atoms with E-state index < -0.39 is 5.97 Å². The molecule has 2 fully saturated rings. The van der Waals surface area contributed by atoms with Gasteiger partial charge in [0, 0.05) is 36.9 Å². The van der Waals surface area contributed by atoms with Crippen molar-refractivity contribution in [2.45, 2.75) is 31.2 Å². The van der Waals surface area contributed by atoms with Gasteiger partial charge in [0.2, 0.25) is 5.95 Å². The van der Waals surface area contributed by atoms with Crippen LogP contribution in [0.15, 0.2) is 24.7 Å². The number of ether oxygens (including phenoxy) is 1. The molecule has 130 valence electrons. The van der Waals surface area contributed by atoms with Gasteiger partial charge in [0.25, 0.3) is 0 Å². The number of esters is 1. The van der Waals surface area contributed by atoms with Crippen molar-refractivity contribution in [3.63, 3.8) is 0 Å². The van der Waals surface area contributed by atoms with Crippen LogP contribution in [0.1, 0.15) is 41.4 Å². The zero-order valence-corrected chi connectivity index (χ0v) is 14.1. The van der Waals surface area contributed by atoms with Crippen molar-refractivity contribution in [2.24, 2.45) is 0 Å². The van der Waals surface area contributed by atoms with E-state index in [0.29, 0.717) is 11.7 Å². The molecular weight excluding hydrogens is 320 g/mol. The summed E-state index contributed by atoms with van der Waals surface area (Å²) in [5.74, 6) is 1.59. The molecule has 1 aliphatic carbocycles. The molecule has 8 nitrogen and oxygen atoms in total. The first-order valence-corrected chi connectivity index (χ1v) is 8.47. The van der Waals surface area contributed by atoms with Crippen molar-refractivity contribution in [2.75, 3.05) is 30.4 Å². The second-order valence-corrected chi connectivity index (χ2v) is 6.41. The molecule has 25 heavy (non-hydrogen) atoms. The molecule has 1 N–H and O–H groups in total. The van der Waals surface area contributed by atoms with E-state index in [0.717, 1.165) is 31.2 Å². The smallest absolute Gasteiger partial charge is 0.358 e. The third kappa shape index (κ3) is 3.52. The quantitative estimate of drug-likeness (QED) is 0.821. The molecule has 8 heteroatoms. The summed E-state index contributed by atoms with van der Waals surface area (Å²) >= 11 is 0. The van der Waals surface area contributed by atoms with Crippen molar-refractivity contribution in [1.82, 2.24) is 19.9 Å². The average molecular weight is 340 g/mol. The normalized spacial score (nSPS) is 19.7. The Labute approximate surface area is 145 Å². The highest BCUT2D eigenvalue weighted by atomic mass is 16.5. The highest BCUT2D eigenvalue weighted by Gasteiger charge is 2.28. The number of nitrogens with one attached hydrogen (secondary N) is 1. The summed E-state index contributed by atoms with van der Waals surface area (Å²) in [5, 5.41) is 3.35. The molecule has 1 aliphatic heterocycles. The molecule has 2 aliphatic rings. The maximum absolute atomic E-state index is 11.4. The van der Waals surface area contributed by atoms with Crippen molar-refractivity contribution in [3.8, 4) is 0 Å². The largest absolute Gasteiger partial charge is 0.464 e. The molecule has 0 aromatic carbocycles. The van der Waals surface area contributed by atoms with E-state index in [1.165, 1.54) is 26.1 Å². The van der Waals surface area contributed by atoms with Crippen LogP contribution < -0.4 is 10.2 Å². The van der Waals surface area contributed by atoms with E-state index >= 15 is 0 Å². The molecule has 0 amide bonds. The fraction of sp³-hybridized carbons (Fsp3) is 0.471. The Bertz CT molecular complexity index is 762. The highest BCUT2D eigenvalue weighted by Crippen LogP contribution is 2.39. The zero-order chi connectivity index (χ0) is 17.2. The lowest BCUT2D eigenvalue weighted by atomic mass is 10.2. The van der Waals surface area contributed by atoms with Crippen LogP contribution >= 0.6 is 0 Å². The van der Waals surface area contributed by atoms with E-state index in [-0.39, 0.29) is 11.7 Å². The SMILES string of the molecule is COC(=O)c1cnc(NC2CCN(c3nccc(C4CC4)n3)C2)cn1. The lowest BCUT2D eigenvalue weighted by Gasteiger charge is -2.17. The molecule has 0 bridgehead atoms. The van der Waals surface area contributed by atoms with Crippen molar-refractivity contribution in [1.29, 1.82) is 0 Å². The number of hydrogen-bond donors (Lipinski definition) is 1. The minimum absolute atomic E-state index is 0.200. The van der Waals surface area contributed by atoms with Gasteiger partial charge in [-0.05, 0) is 25.3 Å². The first-order chi connectivity index (χ1) is 12.2. The molecule has 0 radical (unpaired) electrons. The van der Waals surface area contributed by atoms with E-state index in [2.05, 4.69) is 29.9 Å². The number of methoxy groups -OCH3 is 1. The zero-order valence-electron chi connectivity index (χ0n) is 14.1. The average Bonchev–Trinajstić information content (AvgIpc) is 3.41. The second kappa shape index (κ2) is 6.62. The Morgan fingerprint density at radius 3 is 2.84 bits per heavy atom. The van der Waals surface area contributed by atoms with Gasteiger partial charge >= 0.3 is 5.97 Å². The second-order valence-electron chi connectivity index (χ2n) is 6.41. The summed E-state index contributed by atoms with van der Waals surface area (Å²) in [7, 11) is 1.32. The van der Waals surface area contributed by atoms with Crippen LogP contribution in [0.2, 0.25) is 0 Å². The molecule has 1 atom stereocenters. The maximum Gasteiger partial charge on any atom is 0.358 e. The summed E-state index contributed by atoms with van der Waals surface area (Å²) in [4.78, 5) is 31.0. The Hall–Kier alpha value is -2.77. The minimum atomic E-state index is -0.487. The predicted octanol–water partition coefficient (Wildman–Crippen LogP) is 1.62. The lowest BCUT2D eigenvalue weighted by Crippen LogP contribution is -2.27. The maximum atomic E-state index is 11.4. The predicted molar refractivity (Wildman–Crippen MR) is 91.6 cm³/mol. The van der Waals surface area contributed by atoms with Crippen LogP contribution in [0.25, 0.3) is 0 Å². The fourth-order valence-corrected chi connectivity index (χ4v) is 3.00. The summed E-state index contributed by atoms with van der Waals surface area (Å²) in [6.45, 7) is 1.72. The highest BCUT2D eigenvalue weighted by molar-refractivity contribution is 5.86. The third-order valence-electron chi connectivity index (χ3n) is 4.53. The van der Waals surface area contributed by atoms with Gasteiger partial charge in [-0.2, -0.15) is 0 Å². The van der Waals surface area contributed by atoms with Crippen LogP contribution in [-0.4, -0.2) is 52.1 Å². The van der Waals surface area contributed by atoms with Gasteiger partial charge in [-0.25, -0.2) is 24.7 Å². The number of aromatic nitrogens is 4. The minimum Gasteiger partial charge on any atom is -0.464 e. The van der Waals surface area contributed by atoms with Crippen molar-refractivity contribution >= 4 is 17.7 Å². The van der Waals surface area contributed by atoms with E-state index in [1.54, 1.807) is 6.20 Å². The topological polar surface area (TPSA) is 93.1 Å². The van der Waals surface area contributed by atoms with Gasteiger partial charge in [-0.15, -0.1) is 0 Å². The Morgan fingerprint density at radius 2 is 2.12 bits per heavy atom. The summed E-state index contributed by atoms with van der Waals surface area (Å²) in [6, 6.07) is 2.26. The molecule has 1 saturated carbocycles. The first kappa shape index (κ1) is 15.7. The summed E-state index contributed by atoms with van der Waals surface area (Å²) in [6.07, 6.45) is 8.27. The van der Waals surface area contributed by atoms with E-state index in [1.807, 2.05) is 12.3 Å². The molecule has 3 heterocycles. The van der Waals surface area contributed by atoms with Crippen molar-refractivity contribution in [3.05, 3.63) is 36.0 Å². The number of rotatable bonds is 5. The van der Waals surface area contributed by atoms with Crippen LogP contribution in [0.5, 0.6) is 0 Å². The fourth-order valence-electron chi connectivity index (χ4n) is 3.00. The van der Waals surface area contributed by atoms with Crippen molar-refractivity contribution < 1.29 is 9.53 Å². The molecular formula is C17H20N6O2. The van der Waals surface area contributed by atoms with Crippen LogP contribution in [0.4, 0.5) is 11.8 Å².